The molecular formula is C21H24N8O. The summed E-state index contributed by atoms with van der Waals surface area (Å²) in [6, 6.07) is 6.51. The number of ether oxygens (including phenoxy) is 1. The van der Waals surface area contributed by atoms with Crippen LogP contribution in [-0.4, -0.2) is 48.6 Å². The SMILES string of the molecule is Cc1ncc(Nc2cc3cc(-c4c(OC[C@H]5CCN5)cnn4C)ccn3n2)nc1C. The Labute approximate surface area is 174 Å². The van der Waals surface area contributed by atoms with Crippen LogP contribution >= 0.6 is 0 Å². The van der Waals surface area contributed by atoms with Gasteiger partial charge in [-0.1, -0.05) is 0 Å². The fraction of sp³-hybridized carbons (Fsp3) is 0.333. The fourth-order valence-corrected chi connectivity index (χ4v) is 3.47. The highest BCUT2D eigenvalue weighted by Gasteiger charge is 2.19. The number of nitrogens with one attached hydrogen (secondary N) is 2. The lowest BCUT2D eigenvalue weighted by atomic mass is 10.1. The Morgan fingerprint density at radius 3 is 2.83 bits per heavy atom. The Morgan fingerprint density at radius 1 is 1.20 bits per heavy atom. The third-order valence-electron chi connectivity index (χ3n) is 5.46. The van der Waals surface area contributed by atoms with Crippen molar-refractivity contribution in [1.82, 2.24) is 34.7 Å². The van der Waals surface area contributed by atoms with Crippen LogP contribution in [0.1, 0.15) is 17.8 Å². The van der Waals surface area contributed by atoms with Gasteiger partial charge in [-0.3, -0.25) is 9.67 Å². The number of aryl methyl sites for hydroxylation is 3. The first-order valence-electron chi connectivity index (χ1n) is 10.0. The molecule has 0 unspecified atom stereocenters. The van der Waals surface area contributed by atoms with Gasteiger partial charge in [-0.2, -0.15) is 10.2 Å². The molecule has 4 aromatic heterocycles. The number of hydrogen-bond donors (Lipinski definition) is 2. The summed E-state index contributed by atoms with van der Waals surface area (Å²) >= 11 is 0. The third-order valence-corrected chi connectivity index (χ3v) is 5.46. The van der Waals surface area contributed by atoms with E-state index in [1.165, 1.54) is 0 Å². The standard InChI is InChI=1S/C21H24N8O/c1-13-14(2)25-20(11-23-13)26-19-9-17-8-15(5-7-29(17)27-19)21-18(10-24-28(21)3)30-12-16-4-6-22-16/h5,7-11,16,22H,4,6,12H2,1-3H3,(H,25,26,27)/t16-/m1/s1. The molecule has 1 aliphatic rings. The van der Waals surface area contributed by atoms with Gasteiger partial charge in [-0.05, 0) is 38.9 Å². The molecule has 154 valence electrons. The lowest BCUT2D eigenvalue weighted by Gasteiger charge is -2.27. The summed E-state index contributed by atoms with van der Waals surface area (Å²) in [7, 11) is 1.93. The van der Waals surface area contributed by atoms with Gasteiger partial charge in [-0.25, -0.2) is 9.50 Å². The second-order valence-corrected chi connectivity index (χ2v) is 7.60. The molecule has 1 saturated heterocycles. The highest BCUT2D eigenvalue weighted by molar-refractivity contribution is 5.72. The molecule has 0 aliphatic carbocycles. The molecule has 9 heteroatoms. The summed E-state index contributed by atoms with van der Waals surface area (Å²) in [5, 5.41) is 15.6. The van der Waals surface area contributed by atoms with Gasteiger partial charge in [-0.15, -0.1) is 0 Å². The Morgan fingerprint density at radius 2 is 2.07 bits per heavy atom. The molecule has 0 radical (unpaired) electrons. The van der Waals surface area contributed by atoms with Crippen molar-refractivity contribution in [1.29, 1.82) is 0 Å². The van der Waals surface area contributed by atoms with Gasteiger partial charge in [0.15, 0.2) is 11.6 Å². The predicted molar refractivity (Wildman–Crippen MR) is 114 cm³/mol. The lowest BCUT2D eigenvalue weighted by molar-refractivity contribution is 0.218. The predicted octanol–water partition coefficient (Wildman–Crippen LogP) is 2.63. The van der Waals surface area contributed by atoms with Crippen molar-refractivity contribution >= 4 is 17.2 Å². The smallest absolute Gasteiger partial charge is 0.165 e. The average Bonchev–Trinajstić information content (AvgIpc) is 3.25. The highest BCUT2D eigenvalue weighted by Crippen LogP contribution is 2.31. The molecule has 0 spiro atoms. The molecule has 9 nitrogen and oxygen atoms in total. The van der Waals surface area contributed by atoms with Gasteiger partial charge in [0, 0.05) is 30.9 Å². The molecule has 0 aromatic carbocycles. The van der Waals surface area contributed by atoms with Gasteiger partial charge in [0.05, 0.1) is 29.3 Å². The van der Waals surface area contributed by atoms with E-state index in [-0.39, 0.29) is 0 Å². The molecule has 5 rings (SSSR count). The quantitative estimate of drug-likeness (QED) is 0.510. The average molecular weight is 404 g/mol. The minimum absolute atomic E-state index is 0.428. The molecule has 0 bridgehead atoms. The van der Waals surface area contributed by atoms with Crippen molar-refractivity contribution in [3.8, 4) is 17.0 Å². The van der Waals surface area contributed by atoms with Crippen LogP contribution < -0.4 is 15.4 Å². The van der Waals surface area contributed by atoms with E-state index in [2.05, 4.69) is 36.9 Å². The zero-order valence-electron chi connectivity index (χ0n) is 17.3. The number of anilines is 2. The van der Waals surface area contributed by atoms with E-state index >= 15 is 0 Å². The number of rotatable bonds is 6. The number of hydrogen-bond acceptors (Lipinski definition) is 7. The van der Waals surface area contributed by atoms with E-state index in [9.17, 15) is 0 Å². The van der Waals surface area contributed by atoms with Crippen molar-refractivity contribution in [2.24, 2.45) is 7.05 Å². The summed E-state index contributed by atoms with van der Waals surface area (Å²) < 4.78 is 9.71. The number of aromatic nitrogens is 6. The van der Waals surface area contributed by atoms with Gasteiger partial charge in [0.1, 0.15) is 18.1 Å². The van der Waals surface area contributed by atoms with Crippen LogP contribution in [0.15, 0.2) is 36.8 Å². The van der Waals surface area contributed by atoms with Crippen molar-refractivity contribution in [3.63, 3.8) is 0 Å². The zero-order chi connectivity index (χ0) is 20.7. The maximum atomic E-state index is 6.04. The zero-order valence-corrected chi connectivity index (χ0v) is 17.3. The van der Waals surface area contributed by atoms with E-state index in [1.54, 1.807) is 12.4 Å². The van der Waals surface area contributed by atoms with Crippen LogP contribution in [0.2, 0.25) is 0 Å². The molecular weight excluding hydrogens is 380 g/mol. The van der Waals surface area contributed by atoms with Gasteiger partial charge < -0.3 is 15.4 Å². The number of pyridine rings is 1. The van der Waals surface area contributed by atoms with E-state index in [1.807, 2.05) is 48.4 Å². The molecule has 4 aromatic rings. The second kappa shape index (κ2) is 7.42. The van der Waals surface area contributed by atoms with Crippen LogP contribution in [0.4, 0.5) is 11.6 Å². The Hall–Kier alpha value is -3.46. The first-order valence-corrected chi connectivity index (χ1v) is 10.0. The molecule has 2 N–H and O–H groups in total. The summed E-state index contributed by atoms with van der Waals surface area (Å²) in [5.74, 6) is 2.18. The van der Waals surface area contributed by atoms with Crippen LogP contribution in [0.3, 0.4) is 0 Å². The van der Waals surface area contributed by atoms with Crippen LogP contribution in [-0.2, 0) is 7.05 Å². The first kappa shape index (κ1) is 18.6. The molecule has 0 saturated carbocycles. The van der Waals surface area contributed by atoms with E-state index in [0.717, 1.165) is 46.9 Å². The Bertz CT molecular complexity index is 1210. The summed E-state index contributed by atoms with van der Waals surface area (Å²) in [6.45, 7) is 5.60. The lowest BCUT2D eigenvalue weighted by Crippen LogP contribution is -2.46. The maximum Gasteiger partial charge on any atom is 0.165 e. The summed E-state index contributed by atoms with van der Waals surface area (Å²) in [6.07, 6.45) is 6.58. The maximum absolute atomic E-state index is 6.04. The van der Waals surface area contributed by atoms with Crippen molar-refractivity contribution in [3.05, 3.63) is 48.2 Å². The third kappa shape index (κ3) is 3.48. The minimum Gasteiger partial charge on any atom is -0.488 e. The molecule has 1 aliphatic heterocycles. The molecule has 1 fully saturated rings. The van der Waals surface area contributed by atoms with E-state index < -0.39 is 0 Å². The number of fused-ring (bicyclic) bond motifs is 1. The van der Waals surface area contributed by atoms with Crippen LogP contribution in [0.5, 0.6) is 5.75 Å². The topological polar surface area (TPSA) is 94.2 Å². The molecule has 1 atom stereocenters. The van der Waals surface area contributed by atoms with Crippen molar-refractivity contribution in [2.45, 2.75) is 26.3 Å². The van der Waals surface area contributed by atoms with Gasteiger partial charge >= 0.3 is 0 Å². The Balaban J connectivity index is 1.41. The molecule has 30 heavy (non-hydrogen) atoms. The van der Waals surface area contributed by atoms with Gasteiger partial charge in [0.2, 0.25) is 0 Å². The second-order valence-electron chi connectivity index (χ2n) is 7.60. The van der Waals surface area contributed by atoms with Crippen molar-refractivity contribution < 1.29 is 4.74 Å². The normalized spacial score (nSPS) is 15.9. The Kier molecular flexibility index (Phi) is 4.59. The monoisotopic (exact) mass is 404 g/mol. The number of nitrogens with zero attached hydrogens (tertiary/aromatic N) is 6. The molecule has 5 heterocycles. The largest absolute Gasteiger partial charge is 0.488 e. The minimum atomic E-state index is 0.428. The van der Waals surface area contributed by atoms with E-state index in [0.29, 0.717) is 24.3 Å². The first-order chi connectivity index (χ1) is 14.6. The van der Waals surface area contributed by atoms with Crippen LogP contribution in [0.25, 0.3) is 16.8 Å². The van der Waals surface area contributed by atoms with Gasteiger partial charge in [0.25, 0.3) is 0 Å². The van der Waals surface area contributed by atoms with Crippen LogP contribution in [0, 0.1) is 13.8 Å². The van der Waals surface area contributed by atoms with Crippen molar-refractivity contribution in [2.75, 3.05) is 18.5 Å². The summed E-state index contributed by atoms with van der Waals surface area (Å²) in [4.78, 5) is 8.86. The summed E-state index contributed by atoms with van der Waals surface area (Å²) in [5.41, 5.74) is 4.75. The van der Waals surface area contributed by atoms with E-state index in [4.69, 9.17) is 4.74 Å². The highest BCUT2D eigenvalue weighted by atomic mass is 16.5. The fourth-order valence-electron chi connectivity index (χ4n) is 3.47. The molecule has 0 amide bonds.